The fourth-order valence-electron chi connectivity index (χ4n) is 2.77. The molecule has 1 fully saturated rings. The highest BCUT2D eigenvalue weighted by Gasteiger charge is 2.61. The Morgan fingerprint density at radius 2 is 1.61 bits per heavy atom. The minimum absolute atomic E-state index is 0.109. The first-order valence-electron chi connectivity index (χ1n) is 7.85. The molecule has 0 atom stereocenters. The lowest BCUT2D eigenvalue weighted by Gasteiger charge is -2.55. The number of nitrogens with one attached hydrogen (secondary N) is 2. The van der Waals surface area contributed by atoms with Gasteiger partial charge in [-0.25, -0.2) is 4.79 Å². The maximum absolute atomic E-state index is 12.4. The molecule has 0 aromatic rings. The minimum Gasteiger partial charge on any atom is -0.426 e. The molecular formula is C16H29N3O4. The zero-order valence-electron chi connectivity index (χ0n) is 15.2. The fraction of sp³-hybridized carbons (Fsp3) is 0.812. The van der Waals surface area contributed by atoms with Crippen molar-refractivity contribution >= 4 is 17.9 Å². The van der Waals surface area contributed by atoms with Crippen molar-refractivity contribution in [3.63, 3.8) is 0 Å². The van der Waals surface area contributed by atoms with Crippen LogP contribution in [0.1, 0.15) is 53.9 Å². The Bertz CT molecular complexity index is 478. The second-order valence-electron chi connectivity index (χ2n) is 6.92. The molecule has 1 rings (SSSR count). The van der Waals surface area contributed by atoms with Gasteiger partial charge < -0.3 is 20.1 Å². The standard InChI is InChI=1S/C16H29N3O4/c1-14(2)16(5,15(3,4)23-13(21)22-14)19-12(20)10-8-9-11(17-6)18-7/h8-10H2,1-7H3,(H,17,18)(H,19,20). The average Bonchev–Trinajstić information content (AvgIpc) is 2.40. The summed E-state index contributed by atoms with van der Waals surface area (Å²) in [4.78, 5) is 28.1. The Hall–Kier alpha value is -1.79. The van der Waals surface area contributed by atoms with Gasteiger partial charge in [0, 0.05) is 26.9 Å². The van der Waals surface area contributed by atoms with Gasteiger partial charge in [-0.1, -0.05) is 0 Å². The van der Waals surface area contributed by atoms with E-state index in [1.807, 2.05) is 14.0 Å². The normalized spacial score (nSPS) is 21.9. The summed E-state index contributed by atoms with van der Waals surface area (Å²) >= 11 is 0. The summed E-state index contributed by atoms with van der Waals surface area (Å²) in [6.07, 6.45) is 1.02. The molecule has 0 aromatic carbocycles. The van der Waals surface area contributed by atoms with Crippen LogP contribution in [0.25, 0.3) is 0 Å². The highest BCUT2D eigenvalue weighted by Crippen LogP contribution is 2.42. The van der Waals surface area contributed by atoms with Crippen LogP contribution in [0.5, 0.6) is 0 Å². The fourth-order valence-corrected chi connectivity index (χ4v) is 2.77. The molecule has 0 spiro atoms. The van der Waals surface area contributed by atoms with Gasteiger partial charge in [0.1, 0.15) is 16.7 Å². The van der Waals surface area contributed by atoms with E-state index in [-0.39, 0.29) is 5.91 Å². The molecular weight excluding hydrogens is 298 g/mol. The van der Waals surface area contributed by atoms with Gasteiger partial charge in [-0.3, -0.25) is 9.79 Å². The molecule has 1 aliphatic heterocycles. The van der Waals surface area contributed by atoms with Gasteiger partial charge >= 0.3 is 6.16 Å². The molecule has 0 unspecified atom stereocenters. The number of carbonyl (C=O) groups excluding carboxylic acids is 2. The van der Waals surface area contributed by atoms with E-state index in [2.05, 4.69) is 15.6 Å². The number of hydrogen-bond donors (Lipinski definition) is 2. The van der Waals surface area contributed by atoms with Crippen molar-refractivity contribution in [1.82, 2.24) is 10.6 Å². The molecule has 132 valence electrons. The Kier molecular flexibility index (Phi) is 5.66. The van der Waals surface area contributed by atoms with Crippen molar-refractivity contribution in [2.75, 3.05) is 14.1 Å². The van der Waals surface area contributed by atoms with Gasteiger partial charge in [0.05, 0.1) is 5.84 Å². The summed E-state index contributed by atoms with van der Waals surface area (Å²) in [7, 11) is 3.52. The van der Waals surface area contributed by atoms with Gasteiger partial charge in [0.2, 0.25) is 5.91 Å². The number of ether oxygens (including phenoxy) is 2. The van der Waals surface area contributed by atoms with Gasteiger partial charge in [0.15, 0.2) is 0 Å². The Morgan fingerprint density at radius 3 is 2.04 bits per heavy atom. The highest BCUT2D eigenvalue weighted by atomic mass is 16.8. The molecule has 0 aromatic heterocycles. The summed E-state index contributed by atoms with van der Waals surface area (Å²) in [5.41, 5.74) is -2.62. The third-order valence-electron chi connectivity index (χ3n) is 4.85. The minimum atomic E-state index is -0.886. The van der Waals surface area contributed by atoms with Crippen LogP contribution < -0.4 is 10.6 Å². The van der Waals surface area contributed by atoms with Gasteiger partial charge in [0.25, 0.3) is 0 Å². The predicted molar refractivity (Wildman–Crippen MR) is 88.5 cm³/mol. The highest BCUT2D eigenvalue weighted by molar-refractivity contribution is 5.83. The lowest BCUT2D eigenvalue weighted by Crippen LogP contribution is -2.75. The SMILES string of the molecule is CN=C(CCCC(=O)NC1(C)C(C)(C)OC(=O)OC1(C)C)NC. The van der Waals surface area contributed by atoms with Crippen LogP contribution >= 0.6 is 0 Å². The van der Waals surface area contributed by atoms with E-state index in [1.165, 1.54) is 0 Å². The van der Waals surface area contributed by atoms with Crippen LogP contribution in [-0.4, -0.2) is 48.7 Å². The lowest BCUT2D eigenvalue weighted by atomic mass is 9.71. The zero-order valence-corrected chi connectivity index (χ0v) is 15.2. The first kappa shape index (κ1) is 19.3. The van der Waals surface area contributed by atoms with Crippen LogP contribution in [0.15, 0.2) is 4.99 Å². The molecule has 0 saturated carbocycles. The van der Waals surface area contributed by atoms with E-state index < -0.39 is 22.9 Å². The largest absolute Gasteiger partial charge is 0.509 e. The van der Waals surface area contributed by atoms with E-state index in [0.29, 0.717) is 19.3 Å². The summed E-state index contributed by atoms with van der Waals surface area (Å²) in [6, 6.07) is 0. The number of amidine groups is 1. The van der Waals surface area contributed by atoms with Crippen LogP contribution in [0.3, 0.4) is 0 Å². The van der Waals surface area contributed by atoms with E-state index in [9.17, 15) is 9.59 Å². The molecule has 7 nitrogen and oxygen atoms in total. The van der Waals surface area contributed by atoms with Crippen molar-refractivity contribution in [3.8, 4) is 0 Å². The third kappa shape index (κ3) is 3.95. The monoisotopic (exact) mass is 327 g/mol. The summed E-state index contributed by atoms with van der Waals surface area (Å²) < 4.78 is 10.6. The molecule has 23 heavy (non-hydrogen) atoms. The van der Waals surface area contributed by atoms with Crippen molar-refractivity contribution in [1.29, 1.82) is 0 Å². The van der Waals surface area contributed by atoms with Gasteiger partial charge in [-0.05, 0) is 41.0 Å². The number of rotatable bonds is 5. The quantitative estimate of drug-likeness (QED) is 0.458. The van der Waals surface area contributed by atoms with E-state index >= 15 is 0 Å². The van der Waals surface area contributed by atoms with E-state index in [0.717, 1.165) is 5.84 Å². The number of amides is 1. The maximum atomic E-state index is 12.4. The first-order valence-corrected chi connectivity index (χ1v) is 7.85. The van der Waals surface area contributed by atoms with Crippen molar-refractivity contribution in [2.45, 2.75) is 70.6 Å². The average molecular weight is 327 g/mol. The number of aliphatic imine (C=N–C) groups is 1. The third-order valence-corrected chi connectivity index (χ3v) is 4.85. The second-order valence-corrected chi connectivity index (χ2v) is 6.92. The van der Waals surface area contributed by atoms with E-state index in [1.54, 1.807) is 34.7 Å². The van der Waals surface area contributed by atoms with Gasteiger partial charge in [-0.15, -0.1) is 0 Å². The molecule has 7 heteroatoms. The van der Waals surface area contributed by atoms with Crippen molar-refractivity contribution in [3.05, 3.63) is 0 Å². The topological polar surface area (TPSA) is 89.0 Å². The summed E-state index contributed by atoms with van der Waals surface area (Å²) in [5, 5.41) is 5.99. The molecule has 0 bridgehead atoms. The Morgan fingerprint density at radius 1 is 1.09 bits per heavy atom. The molecule has 2 N–H and O–H groups in total. The molecule has 0 aliphatic carbocycles. The Balaban J connectivity index is 2.76. The molecule has 1 heterocycles. The van der Waals surface area contributed by atoms with Crippen molar-refractivity contribution < 1.29 is 19.1 Å². The Labute approximate surface area is 138 Å². The second kappa shape index (κ2) is 6.76. The molecule has 0 radical (unpaired) electrons. The number of nitrogens with zero attached hydrogens (tertiary/aromatic N) is 1. The smallest absolute Gasteiger partial charge is 0.426 e. The molecule has 1 amide bonds. The molecule has 1 saturated heterocycles. The number of cyclic esters (lactones) is 2. The van der Waals surface area contributed by atoms with Crippen molar-refractivity contribution in [2.24, 2.45) is 4.99 Å². The summed E-state index contributed by atoms with van der Waals surface area (Å²) in [6.45, 7) is 8.94. The number of carbonyl (C=O) groups is 2. The lowest BCUT2D eigenvalue weighted by molar-refractivity contribution is -0.198. The van der Waals surface area contributed by atoms with Crippen LogP contribution in [0.4, 0.5) is 4.79 Å². The van der Waals surface area contributed by atoms with E-state index in [4.69, 9.17) is 9.47 Å². The maximum Gasteiger partial charge on any atom is 0.509 e. The van der Waals surface area contributed by atoms with Gasteiger partial charge in [-0.2, -0.15) is 0 Å². The van der Waals surface area contributed by atoms with Crippen LogP contribution in [0, 0.1) is 0 Å². The van der Waals surface area contributed by atoms with Crippen LogP contribution in [0.2, 0.25) is 0 Å². The predicted octanol–water partition coefficient (Wildman–Crippen LogP) is 2.00. The summed E-state index contributed by atoms with van der Waals surface area (Å²) in [5.74, 6) is 0.751. The molecule has 1 aliphatic rings. The zero-order chi connectivity index (χ0) is 17.9. The van der Waals surface area contributed by atoms with Crippen LogP contribution in [-0.2, 0) is 14.3 Å². The number of hydrogen-bond acceptors (Lipinski definition) is 5. The first-order chi connectivity index (χ1) is 10.5.